The van der Waals surface area contributed by atoms with Crippen molar-refractivity contribution in [2.45, 2.75) is 414 Å². The second-order valence-corrected chi connectivity index (χ2v) is 32.7. The van der Waals surface area contributed by atoms with E-state index in [1.54, 1.807) is 0 Å². The number of hydrogen-bond acceptors (Lipinski definition) is 15. The van der Waals surface area contributed by atoms with Crippen molar-refractivity contribution < 1.29 is 80.2 Å². The van der Waals surface area contributed by atoms with Crippen LogP contribution < -0.4 is 0 Å². The molecule has 0 aliphatic heterocycles. The molecule has 0 saturated carbocycles. The third kappa shape index (κ3) is 70.9. The molecule has 0 spiro atoms. The Balaban J connectivity index is 5.17. The molecule has 17 nitrogen and oxygen atoms in total. The van der Waals surface area contributed by atoms with E-state index < -0.39 is 97.5 Å². The highest BCUT2D eigenvalue weighted by atomic mass is 31.2. The smallest absolute Gasteiger partial charge is 0.462 e. The molecule has 0 rings (SSSR count). The van der Waals surface area contributed by atoms with Gasteiger partial charge in [-0.25, -0.2) is 9.13 Å². The average Bonchev–Trinajstić information content (AvgIpc) is 1.09. The minimum absolute atomic E-state index is 0.103. The van der Waals surface area contributed by atoms with Gasteiger partial charge in [-0.2, -0.15) is 0 Å². The van der Waals surface area contributed by atoms with Crippen LogP contribution in [0.5, 0.6) is 0 Å². The predicted molar refractivity (Wildman–Crippen MR) is 395 cm³/mol. The Morgan fingerprint density at radius 3 is 0.732 bits per heavy atom. The van der Waals surface area contributed by atoms with E-state index in [2.05, 4.69) is 55.4 Å². The number of unbranched alkanes of at least 4 members (excludes halogenated alkanes) is 40. The second kappa shape index (κ2) is 67.2. The van der Waals surface area contributed by atoms with Gasteiger partial charge in [0.05, 0.1) is 26.4 Å². The standard InChI is InChI=1S/C78H152O17P2/c1-9-71(8)57-49-41-36-37-43-51-59-76(81)89-65-74(94-77(82)60-52-44-34-28-24-20-15-11-10-13-17-21-25-30-38-46-54-68(2)3)67-93-97(86,87)91-63-72(79)62-90-96(84,85)92-66-73(95-78(83)61-53-45-35-29-32-40-48-56-70(6)7)64-88-75(80)58-50-42-33-27-23-19-16-12-14-18-22-26-31-39-47-55-69(4)5/h68-74,79H,9-67H2,1-8H3,(H,84,85)(H,86,87)/t71?,72-,73-,74-/m1/s1. The summed E-state index contributed by atoms with van der Waals surface area (Å²) in [5, 5.41) is 10.6. The predicted octanol–water partition coefficient (Wildman–Crippen LogP) is 22.8. The summed E-state index contributed by atoms with van der Waals surface area (Å²) in [6.45, 7) is 14.2. The summed E-state index contributed by atoms with van der Waals surface area (Å²) in [6, 6.07) is 0. The van der Waals surface area contributed by atoms with Crippen LogP contribution in [0, 0.1) is 23.7 Å². The molecule has 3 N–H and O–H groups in total. The number of esters is 4. The SMILES string of the molecule is CCC(C)CCCCCCCCC(=O)OC[C@H](COP(=O)(O)OC[C@H](O)COP(=O)(O)OC[C@@H](COC(=O)CCCCCCCCCCCCCCCCCC(C)C)OC(=O)CCCCCCCCCC(C)C)OC(=O)CCCCCCCCCCCCCCCCCCC(C)C. The van der Waals surface area contributed by atoms with Crippen LogP contribution in [0.3, 0.4) is 0 Å². The van der Waals surface area contributed by atoms with Crippen molar-refractivity contribution >= 4 is 39.5 Å². The van der Waals surface area contributed by atoms with E-state index in [0.29, 0.717) is 31.6 Å². The molecule has 0 bridgehead atoms. The van der Waals surface area contributed by atoms with Crippen molar-refractivity contribution in [1.29, 1.82) is 0 Å². The molecule has 0 aliphatic rings. The van der Waals surface area contributed by atoms with Crippen LogP contribution in [0.1, 0.15) is 396 Å². The van der Waals surface area contributed by atoms with Gasteiger partial charge >= 0.3 is 39.5 Å². The molecule has 0 aromatic carbocycles. The van der Waals surface area contributed by atoms with Crippen LogP contribution in [0.15, 0.2) is 0 Å². The van der Waals surface area contributed by atoms with Crippen molar-refractivity contribution in [3.8, 4) is 0 Å². The maximum absolute atomic E-state index is 13.1. The third-order valence-corrected chi connectivity index (χ3v) is 20.3. The molecule has 576 valence electrons. The van der Waals surface area contributed by atoms with Crippen LogP contribution in [0.4, 0.5) is 0 Å². The first kappa shape index (κ1) is 95.1. The molecule has 0 aromatic rings. The highest BCUT2D eigenvalue weighted by molar-refractivity contribution is 7.47. The van der Waals surface area contributed by atoms with E-state index in [-0.39, 0.29) is 25.7 Å². The van der Waals surface area contributed by atoms with E-state index in [1.807, 2.05) is 0 Å². The second-order valence-electron chi connectivity index (χ2n) is 29.8. The first-order valence-corrected chi connectivity index (χ1v) is 43.2. The lowest BCUT2D eigenvalue weighted by Gasteiger charge is -2.21. The van der Waals surface area contributed by atoms with Gasteiger partial charge in [0.1, 0.15) is 19.3 Å². The van der Waals surface area contributed by atoms with Gasteiger partial charge < -0.3 is 33.8 Å². The number of rotatable bonds is 75. The minimum atomic E-state index is -4.96. The van der Waals surface area contributed by atoms with Crippen LogP contribution >= 0.6 is 15.6 Å². The first-order valence-electron chi connectivity index (χ1n) is 40.2. The number of phosphoric ester groups is 2. The van der Waals surface area contributed by atoms with Crippen molar-refractivity contribution in [3.05, 3.63) is 0 Å². The quantitative estimate of drug-likeness (QED) is 0.0222. The van der Waals surface area contributed by atoms with Crippen LogP contribution in [0.25, 0.3) is 0 Å². The van der Waals surface area contributed by atoms with E-state index in [4.69, 9.17) is 37.0 Å². The van der Waals surface area contributed by atoms with E-state index in [9.17, 15) is 43.2 Å². The molecule has 3 unspecified atom stereocenters. The zero-order valence-corrected chi connectivity index (χ0v) is 65.5. The summed E-state index contributed by atoms with van der Waals surface area (Å²) >= 11 is 0. The van der Waals surface area contributed by atoms with Crippen LogP contribution in [0.2, 0.25) is 0 Å². The van der Waals surface area contributed by atoms with E-state index in [0.717, 1.165) is 114 Å². The maximum Gasteiger partial charge on any atom is 0.472 e. The summed E-state index contributed by atoms with van der Waals surface area (Å²) in [5.41, 5.74) is 0. The normalized spacial score (nSPS) is 14.4. The van der Waals surface area contributed by atoms with Crippen molar-refractivity contribution in [2.75, 3.05) is 39.6 Å². The summed E-state index contributed by atoms with van der Waals surface area (Å²) in [5.74, 6) is 0.920. The van der Waals surface area contributed by atoms with Crippen molar-refractivity contribution in [1.82, 2.24) is 0 Å². The molecule has 0 aliphatic carbocycles. The highest BCUT2D eigenvalue weighted by Gasteiger charge is 2.30. The fourth-order valence-electron chi connectivity index (χ4n) is 11.9. The number of aliphatic hydroxyl groups excluding tert-OH is 1. The lowest BCUT2D eigenvalue weighted by Crippen LogP contribution is -2.30. The molecule has 0 fully saturated rings. The molecule has 0 radical (unpaired) electrons. The maximum atomic E-state index is 13.1. The summed E-state index contributed by atoms with van der Waals surface area (Å²) in [4.78, 5) is 72.8. The Kier molecular flexibility index (Phi) is 65.9. The zero-order valence-electron chi connectivity index (χ0n) is 63.7. The monoisotopic (exact) mass is 1420 g/mol. The van der Waals surface area contributed by atoms with E-state index in [1.165, 1.54) is 193 Å². The van der Waals surface area contributed by atoms with Crippen molar-refractivity contribution in [2.24, 2.45) is 23.7 Å². The van der Waals surface area contributed by atoms with E-state index >= 15 is 0 Å². The highest BCUT2D eigenvalue weighted by Crippen LogP contribution is 2.45. The fraction of sp³-hybridized carbons (Fsp3) is 0.949. The molecule has 0 heterocycles. The number of ether oxygens (including phenoxy) is 4. The topological polar surface area (TPSA) is 237 Å². The molecular weight excluding hydrogens is 1270 g/mol. The van der Waals surface area contributed by atoms with Crippen LogP contribution in [-0.2, 0) is 65.4 Å². The van der Waals surface area contributed by atoms with Crippen molar-refractivity contribution in [3.63, 3.8) is 0 Å². The van der Waals surface area contributed by atoms with Gasteiger partial charge in [-0.3, -0.25) is 37.3 Å². The molecule has 19 heteroatoms. The summed E-state index contributed by atoms with van der Waals surface area (Å²) in [7, 11) is -9.91. The number of aliphatic hydroxyl groups is 1. The molecule has 6 atom stereocenters. The molecule has 0 amide bonds. The number of carbonyl (C=O) groups is 4. The minimum Gasteiger partial charge on any atom is -0.462 e. The van der Waals surface area contributed by atoms with Gasteiger partial charge in [0.15, 0.2) is 12.2 Å². The average molecular weight is 1420 g/mol. The van der Waals surface area contributed by atoms with Gasteiger partial charge in [-0.05, 0) is 49.4 Å². The lowest BCUT2D eigenvalue weighted by atomic mass is 10.00. The fourth-order valence-corrected chi connectivity index (χ4v) is 13.5. The Hall–Kier alpha value is -1.94. The van der Waals surface area contributed by atoms with Gasteiger partial charge in [-0.15, -0.1) is 0 Å². The zero-order chi connectivity index (χ0) is 71.7. The Bertz CT molecular complexity index is 1900. The Labute approximate surface area is 594 Å². The molecule has 97 heavy (non-hydrogen) atoms. The number of hydrogen-bond donors (Lipinski definition) is 3. The number of carbonyl (C=O) groups excluding carboxylic acids is 4. The number of phosphoric acid groups is 2. The summed E-state index contributed by atoms with van der Waals surface area (Å²) in [6.07, 6.45) is 53.0. The first-order chi connectivity index (χ1) is 46.6. The lowest BCUT2D eigenvalue weighted by molar-refractivity contribution is -0.161. The molecule has 0 saturated heterocycles. The largest absolute Gasteiger partial charge is 0.472 e. The third-order valence-electron chi connectivity index (χ3n) is 18.4. The Morgan fingerprint density at radius 2 is 0.495 bits per heavy atom. The van der Waals surface area contributed by atoms with Gasteiger partial charge in [0, 0.05) is 25.7 Å². The Morgan fingerprint density at radius 1 is 0.289 bits per heavy atom. The molecule has 0 aromatic heterocycles. The van der Waals surface area contributed by atoms with Gasteiger partial charge in [-0.1, -0.05) is 344 Å². The summed E-state index contributed by atoms with van der Waals surface area (Å²) < 4.78 is 68.5. The molecular formula is C78H152O17P2. The van der Waals surface area contributed by atoms with Crippen LogP contribution in [-0.4, -0.2) is 96.7 Å². The van der Waals surface area contributed by atoms with Gasteiger partial charge in [0.2, 0.25) is 0 Å². The van der Waals surface area contributed by atoms with Gasteiger partial charge in [0.25, 0.3) is 0 Å².